The molecule has 0 aliphatic heterocycles. The molecule has 0 radical (unpaired) electrons. The van der Waals surface area contributed by atoms with E-state index in [4.69, 9.17) is 11.6 Å². The van der Waals surface area contributed by atoms with Crippen LogP contribution in [0.4, 0.5) is 0 Å². The number of aldehydes is 1. The van der Waals surface area contributed by atoms with Gasteiger partial charge in [0.15, 0.2) is 6.29 Å². The van der Waals surface area contributed by atoms with Crippen LogP contribution in [-0.4, -0.2) is 21.5 Å². The van der Waals surface area contributed by atoms with Gasteiger partial charge in [0.2, 0.25) is 0 Å². The van der Waals surface area contributed by atoms with E-state index in [1.165, 1.54) is 25.7 Å². The minimum absolute atomic E-state index is 0.267. The summed E-state index contributed by atoms with van der Waals surface area (Å²) in [4.78, 5) is 19.5. The second-order valence-corrected chi connectivity index (χ2v) is 6.56. The third kappa shape index (κ3) is 3.23. The first kappa shape index (κ1) is 13.8. The van der Waals surface area contributed by atoms with Gasteiger partial charge < -0.3 is 0 Å². The Morgan fingerprint density at radius 1 is 1.39 bits per heavy atom. The molecule has 0 spiro atoms. The number of hydrogen-bond donors (Lipinski definition) is 0. The number of halogens is 1. The Morgan fingerprint density at radius 3 is 2.83 bits per heavy atom. The number of aromatic nitrogens is 2. The van der Waals surface area contributed by atoms with Crippen LogP contribution in [0.3, 0.4) is 0 Å². The van der Waals surface area contributed by atoms with Gasteiger partial charge in [0.1, 0.15) is 16.0 Å². The Balaban J connectivity index is 2.19. The molecule has 0 aromatic carbocycles. The van der Waals surface area contributed by atoms with Gasteiger partial charge in [-0.15, -0.1) is 11.8 Å². The van der Waals surface area contributed by atoms with Crippen LogP contribution in [-0.2, 0) is 0 Å². The molecule has 3 nitrogen and oxygen atoms in total. The number of rotatable bonds is 3. The average Bonchev–Trinajstić information content (AvgIpc) is 2.28. The molecule has 1 aliphatic rings. The van der Waals surface area contributed by atoms with Gasteiger partial charge in [0.05, 0.1) is 5.56 Å². The summed E-state index contributed by atoms with van der Waals surface area (Å²) in [5.74, 6) is 1.38. The lowest BCUT2D eigenvalue weighted by molar-refractivity contribution is 0.112. The third-order valence-electron chi connectivity index (χ3n) is 3.26. The van der Waals surface area contributed by atoms with Gasteiger partial charge in [-0.05, 0) is 25.7 Å². The first-order valence-electron chi connectivity index (χ1n) is 6.26. The minimum atomic E-state index is 0.267. The highest BCUT2D eigenvalue weighted by Gasteiger charge is 2.22. The summed E-state index contributed by atoms with van der Waals surface area (Å²) in [5, 5.41) is 1.54. The SMILES string of the molecule is Cc1nc(Cl)c(C=O)c(SC2CCCC(C)C2)n1. The molecule has 1 saturated carbocycles. The molecule has 0 bridgehead atoms. The highest BCUT2D eigenvalue weighted by molar-refractivity contribution is 7.99. The van der Waals surface area contributed by atoms with Crippen LogP contribution in [0, 0.1) is 12.8 Å². The van der Waals surface area contributed by atoms with Gasteiger partial charge in [0, 0.05) is 5.25 Å². The Bertz CT molecular complexity index is 453. The Kier molecular flexibility index (Phi) is 4.62. The van der Waals surface area contributed by atoms with E-state index in [1.54, 1.807) is 18.7 Å². The molecule has 2 rings (SSSR count). The molecular weight excluding hydrogens is 268 g/mol. The maximum Gasteiger partial charge on any atom is 0.155 e. The zero-order valence-electron chi connectivity index (χ0n) is 10.6. The molecule has 1 aromatic rings. The lowest BCUT2D eigenvalue weighted by Gasteiger charge is -2.26. The van der Waals surface area contributed by atoms with Crippen LogP contribution >= 0.6 is 23.4 Å². The lowest BCUT2D eigenvalue weighted by Crippen LogP contribution is -2.15. The van der Waals surface area contributed by atoms with E-state index in [0.717, 1.165) is 17.2 Å². The van der Waals surface area contributed by atoms with Crippen molar-refractivity contribution in [3.05, 3.63) is 16.5 Å². The highest BCUT2D eigenvalue weighted by Crippen LogP contribution is 2.37. The summed E-state index contributed by atoms with van der Waals surface area (Å²) in [5.41, 5.74) is 0.436. The maximum absolute atomic E-state index is 11.1. The second kappa shape index (κ2) is 6.02. The molecule has 0 saturated heterocycles. The monoisotopic (exact) mass is 284 g/mol. The molecular formula is C13H17ClN2OS. The first-order chi connectivity index (χ1) is 8.60. The minimum Gasteiger partial charge on any atom is -0.298 e. The molecule has 0 amide bonds. The van der Waals surface area contributed by atoms with Crippen molar-refractivity contribution in [2.45, 2.75) is 49.8 Å². The molecule has 1 aliphatic carbocycles. The fourth-order valence-electron chi connectivity index (χ4n) is 2.35. The van der Waals surface area contributed by atoms with Crippen LogP contribution < -0.4 is 0 Å². The van der Waals surface area contributed by atoms with Crippen LogP contribution in [0.2, 0.25) is 5.15 Å². The zero-order chi connectivity index (χ0) is 13.1. The average molecular weight is 285 g/mol. The van der Waals surface area contributed by atoms with Crippen molar-refractivity contribution in [1.82, 2.24) is 9.97 Å². The van der Waals surface area contributed by atoms with Crippen molar-refractivity contribution in [3.63, 3.8) is 0 Å². The first-order valence-corrected chi connectivity index (χ1v) is 7.52. The van der Waals surface area contributed by atoms with Gasteiger partial charge in [-0.1, -0.05) is 31.4 Å². The quantitative estimate of drug-likeness (QED) is 0.623. The number of thioether (sulfide) groups is 1. The third-order valence-corrected chi connectivity index (χ3v) is 4.84. The fourth-order valence-corrected chi connectivity index (χ4v) is 4.15. The van der Waals surface area contributed by atoms with E-state index in [-0.39, 0.29) is 5.15 Å². The highest BCUT2D eigenvalue weighted by atomic mass is 35.5. The van der Waals surface area contributed by atoms with Crippen molar-refractivity contribution in [1.29, 1.82) is 0 Å². The molecule has 1 aromatic heterocycles. The number of aryl methyl sites for hydroxylation is 1. The van der Waals surface area contributed by atoms with Crippen molar-refractivity contribution >= 4 is 29.6 Å². The molecule has 2 unspecified atom stereocenters. The van der Waals surface area contributed by atoms with E-state index >= 15 is 0 Å². The smallest absolute Gasteiger partial charge is 0.155 e. The maximum atomic E-state index is 11.1. The molecule has 1 fully saturated rings. The number of carbonyl (C=O) groups is 1. The van der Waals surface area contributed by atoms with Crippen LogP contribution in [0.25, 0.3) is 0 Å². The van der Waals surface area contributed by atoms with E-state index in [0.29, 0.717) is 16.6 Å². The Hall–Kier alpha value is -0.610. The predicted molar refractivity (Wildman–Crippen MR) is 74.4 cm³/mol. The van der Waals surface area contributed by atoms with Gasteiger partial charge in [0.25, 0.3) is 0 Å². The largest absolute Gasteiger partial charge is 0.298 e. The van der Waals surface area contributed by atoms with E-state index in [2.05, 4.69) is 16.9 Å². The Labute approximate surface area is 117 Å². The zero-order valence-corrected chi connectivity index (χ0v) is 12.2. The molecule has 98 valence electrons. The molecule has 2 atom stereocenters. The van der Waals surface area contributed by atoms with Crippen molar-refractivity contribution < 1.29 is 4.79 Å². The summed E-state index contributed by atoms with van der Waals surface area (Å²) in [6.45, 7) is 4.08. The number of carbonyl (C=O) groups excluding carboxylic acids is 1. The van der Waals surface area contributed by atoms with Crippen LogP contribution in [0.1, 0.15) is 48.8 Å². The Morgan fingerprint density at radius 2 is 2.17 bits per heavy atom. The van der Waals surface area contributed by atoms with Crippen molar-refractivity contribution in [2.24, 2.45) is 5.92 Å². The predicted octanol–water partition coefficient (Wildman–Crippen LogP) is 3.92. The summed E-state index contributed by atoms with van der Waals surface area (Å²) in [6.07, 6.45) is 5.70. The standard InChI is InChI=1S/C13H17ClN2OS/c1-8-4-3-5-10(6-8)18-13-11(7-17)12(14)15-9(2)16-13/h7-8,10H,3-6H2,1-2H3. The van der Waals surface area contributed by atoms with Crippen LogP contribution in [0.15, 0.2) is 5.03 Å². The van der Waals surface area contributed by atoms with E-state index < -0.39 is 0 Å². The number of nitrogens with zero attached hydrogens (tertiary/aromatic N) is 2. The summed E-state index contributed by atoms with van der Waals surface area (Å²) < 4.78 is 0. The van der Waals surface area contributed by atoms with E-state index in [1.807, 2.05) is 0 Å². The van der Waals surface area contributed by atoms with Gasteiger partial charge in [-0.3, -0.25) is 4.79 Å². The molecule has 18 heavy (non-hydrogen) atoms. The lowest BCUT2D eigenvalue weighted by atomic mass is 9.91. The van der Waals surface area contributed by atoms with Crippen molar-refractivity contribution in [2.75, 3.05) is 0 Å². The van der Waals surface area contributed by atoms with Gasteiger partial charge in [-0.2, -0.15) is 0 Å². The fraction of sp³-hybridized carbons (Fsp3) is 0.615. The molecule has 5 heteroatoms. The van der Waals surface area contributed by atoms with Gasteiger partial charge >= 0.3 is 0 Å². The molecule has 1 heterocycles. The molecule has 0 N–H and O–H groups in total. The summed E-state index contributed by atoms with van der Waals surface area (Å²) in [6, 6.07) is 0. The van der Waals surface area contributed by atoms with Crippen molar-refractivity contribution in [3.8, 4) is 0 Å². The summed E-state index contributed by atoms with van der Waals surface area (Å²) >= 11 is 7.67. The topological polar surface area (TPSA) is 42.9 Å². The van der Waals surface area contributed by atoms with Gasteiger partial charge in [-0.25, -0.2) is 9.97 Å². The second-order valence-electron chi connectivity index (χ2n) is 4.91. The summed E-state index contributed by atoms with van der Waals surface area (Å²) in [7, 11) is 0. The van der Waals surface area contributed by atoms with E-state index in [9.17, 15) is 4.79 Å². The normalized spacial score (nSPS) is 23.9. The number of hydrogen-bond acceptors (Lipinski definition) is 4. The van der Waals surface area contributed by atoms with Crippen LogP contribution in [0.5, 0.6) is 0 Å².